The molecule has 0 bridgehead atoms. The maximum absolute atomic E-state index is 14.7. The number of urea groups is 1. The lowest BCUT2D eigenvalue weighted by molar-refractivity contribution is -0.147. The van der Waals surface area contributed by atoms with E-state index >= 15 is 0 Å². The molecule has 7 atom stereocenters. The van der Waals surface area contributed by atoms with Crippen molar-refractivity contribution in [1.82, 2.24) is 47.0 Å². The van der Waals surface area contributed by atoms with Crippen molar-refractivity contribution in [2.45, 2.75) is 200 Å². The van der Waals surface area contributed by atoms with Crippen LogP contribution >= 0.6 is 0 Å². The predicted octanol–water partition coefficient (Wildman–Crippen LogP) is 4.24. The molecule has 9 amide bonds. The quantitative estimate of drug-likeness (QED) is 0.0958. The van der Waals surface area contributed by atoms with Gasteiger partial charge in [0.1, 0.15) is 35.4 Å². The Morgan fingerprint density at radius 1 is 0.667 bits per heavy atom. The second-order valence-electron chi connectivity index (χ2n) is 21.3. The Hall–Kier alpha value is -4.88. The number of nitrogens with one attached hydrogen (secondary N) is 7. The van der Waals surface area contributed by atoms with Crippen LogP contribution in [-0.4, -0.2) is 151 Å². The molecule has 20 nitrogen and oxygen atoms in total. The standard InChI is InChI=1S/C49H87N9O11/c1-12-14-15-20-24-38-32(4)44(63)57(11)37(21-13-2)42(61)56-39(34-22-18-16-17-19-23-34)43(62)55-36(27-52-47(66)69-49(8,9)10)41(60)54-35(40(59)53-31(3)30-67-38)26-50-45(64)58-28-33(29-58)25-51-46(65)68-48(5,6)7/h31-39H,12-30H2,1-11H3,(H,50,64)(H,51,65)(H,52,66)(H,53,59)(H,54,60)(H,55,62)(H,56,61)/t31-,32-,35+,36+,37+,38-,39+/m1/s1. The fourth-order valence-corrected chi connectivity index (χ4v) is 8.76. The number of carbonyl (C=O) groups excluding carboxylic acids is 8. The molecule has 0 aromatic carbocycles. The number of alkyl carbamates (subject to hydrolysis) is 2. The van der Waals surface area contributed by atoms with Gasteiger partial charge in [0.25, 0.3) is 0 Å². The summed E-state index contributed by atoms with van der Waals surface area (Å²) in [6, 6.07) is -6.03. The van der Waals surface area contributed by atoms with Crippen LogP contribution in [0.5, 0.6) is 0 Å². The molecule has 20 heteroatoms. The van der Waals surface area contributed by atoms with Crippen molar-refractivity contribution in [1.29, 1.82) is 0 Å². The fourth-order valence-electron chi connectivity index (χ4n) is 8.76. The van der Waals surface area contributed by atoms with Crippen molar-refractivity contribution in [3.05, 3.63) is 0 Å². The summed E-state index contributed by atoms with van der Waals surface area (Å²) >= 11 is 0. The molecule has 0 aromatic rings. The first-order chi connectivity index (χ1) is 32.4. The van der Waals surface area contributed by atoms with Gasteiger partial charge in [0, 0.05) is 45.2 Å². The molecule has 69 heavy (non-hydrogen) atoms. The first-order valence-electron chi connectivity index (χ1n) is 25.5. The number of ether oxygens (including phenoxy) is 3. The molecule has 0 unspecified atom stereocenters. The average molecular weight is 978 g/mol. The van der Waals surface area contributed by atoms with Gasteiger partial charge in [0.2, 0.25) is 29.5 Å². The number of nitrogens with zero attached hydrogens (tertiary/aromatic N) is 2. The third-order valence-corrected chi connectivity index (χ3v) is 12.6. The van der Waals surface area contributed by atoms with Gasteiger partial charge >= 0.3 is 18.2 Å². The monoisotopic (exact) mass is 978 g/mol. The van der Waals surface area contributed by atoms with E-state index in [-0.39, 0.29) is 37.4 Å². The first kappa shape index (κ1) is 58.4. The largest absolute Gasteiger partial charge is 0.444 e. The molecule has 0 spiro atoms. The minimum absolute atomic E-state index is 0.00543. The van der Waals surface area contributed by atoms with Crippen LogP contribution in [0.3, 0.4) is 0 Å². The zero-order chi connectivity index (χ0) is 51.5. The number of likely N-dealkylation sites (tertiary alicyclic amines) is 1. The number of amides is 9. The van der Waals surface area contributed by atoms with Gasteiger partial charge in [-0.2, -0.15) is 0 Å². The van der Waals surface area contributed by atoms with Crippen LogP contribution in [0.2, 0.25) is 0 Å². The van der Waals surface area contributed by atoms with Gasteiger partial charge in [0.05, 0.1) is 25.2 Å². The highest BCUT2D eigenvalue weighted by Crippen LogP contribution is 2.27. The van der Waals surface area contributed by atoms with Crippen LogP contribution in [0.15, 0.2) is 0 Å². The Kier molecular flexibility index (Phi) is 23.8. The number of unbranched alkanes of at least 4 members (excludes halogenated alkanes) is 3. The molecule has 2 saturated heterocycles. The number of rotatable bonds is 14. The molecule has 1 aliphatic carbocycles. The van der Waals surface area contributed by atoms with E-state index in [4.69, 9.17) is 14.2 Å². The van der Waals surface area contributed by atoms with E-state index in [1.165, 1.54) is 9.80 Å². The van der Waals surface area contributed by atoms with E-state index in [9.17, 15) is 38.4 Å². The highest BCUT2D eigenvalue weighted by atomic mass is 16.6. The van der Waals surface area contributed by atoms with Crippen molar-refractivity contribution in [3.63, 3.8) is 0 Å². The molecule has 2 aliphatic heterocycles. The Morgan fingerprint density at radius 2 is 1.22 bits per heavy atom. The maximum Gasteiger partial charge on any atom is 0.407 e. The summed E-state index contributed by atoms with van der Waals surface area (Å²) < 4.78 is 17.2. The summed E-state index contributed by atoms with van der Waals surface area (Å²) in [6.45, 7) is 18.0. The molecule has 3 rings (SSSR count). The molecule has 7 N–H and O–H groups in total. The summed E-state index contributed by atoms with van der Waals surface area (Å²) in [4.78, 5) is 114. The van der Waals surface area contributed by atoms with E-state index in [0.717, 1.165) is 51.4 Å². The highest BCUT2D eigenvalue weighted by Gasteiger charge is 2.39. The van der Waals surface area contributed by atoms with Crippen LogP contribution in [-0.2, 0) is 38.2 Å². The zero-order valence-corrected chi connectivity index (χ0v) is 43.5. The number of hydrogen-bond donors (Lipinski definition) is 7. The SMILES string of the molecule is CCCCCC[C@H]1OC[C@@H](C)NC(=O)[C@H](CNC(=O)N2CC(CNC(=O)OC(C)(C)C)C2)NC(=O)[C@H](CNC(=O)OC(C)(C)C)NC(=O)[C@H](C2CCCCCC2)NC(=O)[C@H](CCC)N(C)C(=O)[C@@H]1C. The minimum atomic E-state index is -1.48. The number of hydrogen-bond acceptors (Lipinski definition) is 11. The summed E-state index contributed by atoms with van der Waals surface area (Å²) in [5.41, 5.74) is -1.55. The molecular formula is C49H87N9O11. The summed E-state index contributed by atoms with van der Waals surface area (Å²) in [6.07, 6.45) is 8.09. The van der Waals surface area contributed by atoms with E-state index in [2.05, 4.69) is 44.1 Å². The summed E-state index contributed by atoms with van der Waals surface area (Å²) in [5.74, 6) is -3.98. The van der Waals surface area contributed by atoms with Crippen molar-refractivity contribution in [2.24, 2.45) is 17.8 Å². The van der Waals surface area contributed by atoms with Gasteiger partial charge in [-0.15, -0.1) is 0 Å². The van der Waals surface area contributed by atoms with Crippen LogP contribution in [0, 0.1) is 17.8 Å². The van der Waals surface area contributed by atoms with E-state index in [1.807, 2.05) is 6.92 Å². The van der Waals surface area contributed by atoms with Gasteiger partial charge in [-0.1, -0.05) is 78.6 Å². The van der Waals surface area contributed by atoms with Crippen molar-refractivity contribution >= 4 is 47.8 Å². The molecule has 3 fully saturated rings. The van der Waals surface area contributed by atoms with E-state index in [1.54, 1.807) is 62.4 Å². The van der Waals surface area contributed by atoms with Crippen LogP contribution in [0.4, 0.5) is 14.4 Å². The number of carbonyl (C=O) groups is 8. The molecule has 394 valence electrons. The van der Waals surface area contributed by atoms with Gasteiger partial charge in [-0.3, -0.25) is 24.0 Å². The zero-order valence-electron chi connectivity index (χ0n) is 43.5. The van der Waals surface area contributed by atoms with E-state index < -0.39 is 102 Å². The molecule has 1 saturated carbocycles. The van der Waals surface area contributed by atoms with Gasteiger partial charge in [-0.05, 0) is 80.1 Å². The van der Waals surface area contributed by atoms with Crippen LogP contribution in [0.25, 0.3) is 0 Å². The third-order valence-electron chi connectivity index (χ3n) is 12.6. The maximum atomic E-state index is 14.7. The Bertz CT molecular complexity index is 1710. The molecule has 0 radical (unpaired) electrons. The normalized spacial score (nSPS) is 25.8. The predicted molar refractivity (Wildman–Crippen MR) is 261 cm³/mol. The Morgan fingerprint density at radius 3 is 1.78 bits per heavy atom. The average Bonchev–Trinajstić information content (AvgIpc) is 3.53. The molecular weight excluding hydrogens is 891 g/mol. The second-order valence-corrected chi connectivity index (χ2v) is 21.3. The third kappa shape index (κ3) is 20.5. The lowest BCUT2D eigenvalue weighted by Gasteiger charge is -2.39. The summed E-state index contributed by atoms with van der Waals surface area (Å²) in [7, 11) is 1.60. The Balaban J connectivity index is 2.01. The first-order valence-corrected chi connectivity index (χ1v) is 25.5. The van der Waals surface area contributed by atoms with Crippen molar-refractivity contribution < 1.29 is 52.6 Å². The highest BCUT2D eigenvalue weighted by molar-refractivity contribution is 5.96. The van der Waals surface area contributed by atoms with Crippen LogP contribution in [0.1, 0.15) is 153 Å². The molecule has 3 aliphatic rings. The lowest BCUT2D eigenvalue weighted by Crippen LogP contribution is -2.63. The topological polar surface area (TPSA) is 255 Å². The second kappa shape index (κ2) is 28.1. The van der Waals surface area contributed by atoms with Crippen LogP contribution < -0.4 is 37.2 Å². The van der Waals surface area contributed by atoms with Gasteiger partial charge in [0.15, 0.2) is 0 Å². The van der Waals surface area contributed by atoms with Crippen molar-refractivity contribution in [3.8, 4) is 0 Å². The fraction of sp³-hybridized carbons (Fsp3) is 0.837. The minimum Gasteiger partial charge on any atom is -0.444 e. The molecule has 0 aromatic heterocycles. The van der Waals surface area contributed by atoms with Gasteiger partial charge < -0.3 is 61.2 Å². The van der Waals surface area contributed by atoms with Gasteiger partial charge in [-0.25, -0.2) is 14.4 Å². The van der Waals surface area contributed by atoms with E-state index in [0.29, 0.717) is 45.2 Å². The lowest BCUT2D eigenvalue weighted by atomic mass is 9.90. The smallest absolute Gasteiger partial charge is 0.407 e. The Labute approximate surface area is 410 Å². The molecule has 2 heterocycles. The number of likely N-dealkylation sites (N-methyl/N-ethyl adjacent to an activating group) is 1. The summed E-state index contributed by atoms with van der Waals surface area (Å²) in [5, 5.41) is 19.4. The van der Waals surface area contributed by atoms with Crippen molar-refractivity contribution in [2.75, 3.05) is 46.4 Å².